The van der Waals surface area contributed by atoms with Crippen molar-refractivity contribution in [1.29, 1.82) is 0 Å². The minimum atomic E-state index is 0.685. The molecule has 2 aliphatic rings. The Morgan fingerprint density at radius 2 is 1.23 bits per heavy atom. The molecule has 0 unspecified atom stereocenters. The topological polar surface area (TPSA) is 43.6 Å². The molecule has 2 aliphatic carbocycles. The third-order valence-electron chi connectivity index (χ3n) is 11.2. The molecular weight excluding hydrogens is 701 g/mol. The van der Waals surface area contributed by atoms with Crippen molar-refractivity contribution in [2.24, 2.45) is 0 Å². The van der Waals surface area contributed by atoms with Gasteiger partial charge in [-0.15, -0.1) is 11.3 Å². The van der Waals surface area contributed by atoms with Crippen molar-refractivity contribution in [3.8, 4) is 39.6 Å². The van der Waals surface area contributed by atoms with E-state index in [0.29, 0.717) is 11.6 Å². The SMILES string of the molecule is C1=CCCC(c2cc(-c3ccccc3)cc3c2sc2cc(-c4nc(C5=Cc6c(c7ccccc7n6-c6ccccc6)CC5)nc(-c5ccccc5)n4)ccc23)=C1. The molecule has 0 atom stereocenters. The normalized spacial score (nSPS) is 13.9. The lowest BCUT2D eigenvalue weighted by Gasteiger charge is -2.17. The molecule has 0 N–H and O–H groups in total. The molecule has 3 aromatic heterocycles. The van der Waals surface area contributed by atoms with E-state index in [-0.39, 0.29) is 0 Å². The molecule has 4 nitrogen and oxygen atoms in total. The van der Waals surface area contributed by atoms with Crippen LogP contribution in [0.3, 0.4) is 0 Å². The summed E-state index contributed by atoms with van der Waals surface area (Å²) in [5.41, 5.74) is 13.2. The van der Waals surface area contributed by atoms with Crippen molar-refractivity contribution in [2.45, 2.75) is 25.7 Å². The zero-order valence-corrected chi connectivity index (χ0v) is 31.5. The maximum absolute atomic E-state index is 5.28. The highest BCUT2D eigenvalue weighted by Crippen LogP contribution is 2.44. The summed E-state index contributed by atoms with van der Waals surface area (Å²) in [5, 5.41) is 3.85. The second kappa shape index (κ2) is 13.6. The molecule has 0 amide bonds. The van der Waals surface area contributed by atoms with E-state index in [9.17, 15) is 0 Å². The van der Waals surface area contributed by atoms with E-state index in [4.69, 9.17) is 15.0 Å². The molecule has 5 heteroatoms. The van der Waals surface area contributed by atoms with Crippen LogP contribution >= 0.6 is 11.3 Å². The van der Waals surface area contributed by atoms with Gasteiger partial charge in [-0.1, -0.05) is 127 Å². The van der Waals surface area contributed by atoms with E-state index in [2.05, 4.69) is 156 Å². The number of para-hydroxylation sites is 2. The summed E-state index contributed by atoms with van der Waals surface area (Å²) in [6.07, 6.45) is 12.9. The number of rotatable bonds is 6. The van der Waals surface area contributed by atoms with Crippen LogP contribution in [0.25, 0.3) is 87.9 Å². The Labute approximate surface area is 329 Å². The monoisotopic (exact) mass is 736 g/mol. The summed E-state index contributed by atoms with van der Waals surface area (Å²) in [7, 11) is 0. The molecule has 9 aromatic rings. The third kappa shape index (κ3) is 5.62. The van der Waals surface area contributed by atoms with E-state index in [1.807, 2.05) is 29.5 Å². The highest BCUT2D eigenvalue weighted by Gasteiger charge is 2.24. The van der Waals surface area contributed by atoms with Crippen molar-refractivity contribution >= 4 is 59.6 Å². The van der Waals surface area contributed by atoms with E-state index in [0.717, 1.165) is 53.9 Å². The number of allylic oxidation sites excluding steroid dienone is 5. The lowest BCUT2D eigenvalue weighted by Crippen LogP contribution is -2.07. The zero-order valence-electron chi connectivity index (χ0n) is 30.7. The number of aryl methyl sites for hydroxylation is 1. The Morgan fingerprint density at radius 3 is 2.02 bits per heavy atom. The van der Waals surface area contributed by atoms with E-state index in [1.54, 1.807) is 0 Å². The molecule has 0 aliphatic heterocycles. The van der Waals surface area contributed by atoms with Crippen molar-refractivity contribution in [3.63, 3.8) is 0 Å². The van der Waals surface area contributed by atoms with Crippen LogP contribution < -0.4 is 0 Å². The molecular formula is C51H36N4S. The fourth-order valence-electron chi connectivity index (χ4n) is 8.51. The minimum absolute atomic E-state index is 0.685. The van der Waals surface area contributed by atoms with Gasteiger partial charge in [0.2, 0.25) is 0 Å². The van der Waals surface area contributed by atoms with Crippen LogP contribution in [0.2, 0.25) is 0 Å². The van der Waals surface area contributed by atoms with Crippen LogP contribution in [0.1, 0.15) is 41.9 Å². The highest BCUT2D eigenvalue weighted by molar-refractivity contribution is 7.26. The van der Waals surface area contributed by atoms with Gasteiger partial charge in [-0.2, -0.15) is 0 Å². The van der Waals surface area contributed by atoms with Crippen molar-refractivity contribution < 1.29 is 0 Å². The van der Waals surface area contributed by atoms with Gasteiger partial charge in [0.05, 0.1) is 11.2 Å². The summed E-state index contributed by atoms with van der Waals surface area (Å²) >= 11 is 1.87. The highest BCUT2D eigenvalue weighted by atomic mass is 32.1. The van der Waals surface area contributed by atoms with Gasteiger partial charge >= 0.3 is 0 Å². The van der Waals surface area contributed by atoms with Gasteiger partial charge in [0.15, 0.2) is 17.5 Å². The van der Waals surface area contributed by atoms with Crippen LogP contribution in [-0.4, -0.2) is 19.5 Å². The summed E-state index contributed by atoms with van der Waals surface area (Å²) in [4.78, 5) is 15.6. The maximum Gasteiger partial charge on any atom is 0.164 e. The van der Waals surface area contributed by atoms with Crippen LogP contribution in [-0.2, 0) is 6.42 Å². The Morgan fingerprint density at radius 1 is 0.518 bits per heavy atom. The lowest BCUT2D eigenvalue weighted by molar-refractivity contribution is 0.946. The average Bonchev–Trinajstić information content (AvgIpc) is 3.82. The van der Waals surface area contributed by atoms with Crippen LogP contribution in [0.4, 0.5) is 0 Å². The fourth-order valence-corrected chi connectivity index (χ4v) is 9.79. The Balaban J connectivity index is 1.08. The van der Waals surface area contributed by atoms with E-state index >= 15 is 0 Å². The molecule has 0 saturated heterocycles. The number of fused-ring (bicyclic) bond motifs is 6. The van der Waals surface area contributed by atoms with Gasteiger partial charge in [-0.05, 0) is 102 Å². The predicted octanol–water partition coefficient (Wildman–Crippen LogP) is 13.4. The number of benzene rings is 6. The first-order valence-electron chi connectivity index (χ1n) is 19.4. The van der Waals surface area contributed by atoms with Gasteiger partial charge in [-0.3, -0.25) is 0 Å². The fraction of sp³-hybridized carbons (Fsp3) is 0.0784. The summed E-state index contributed by atoms with van der Waals surface area (Å²) in [6, 6.07) is 52.0. The van der Waals surface area contributed by atoms with Gasteiger partial charge in [0.1, 0.15) is 0 Å². The molecule has 0 fully saturated rings. The zero-order chi connectivity index (χ0) is 37.0. The van der Waals surface area contributed by atoms with Crippen LogP contribution in [0.5, 0.6) is 0 Å². The third-order valence-corrected chi connectivity index (χ3v) is 12.4. The maximum atomic E-state index is 5.28. The predicted molar refractivity (Wildman–Crippen MR) is 235 cm³/mol. The van der Waals surface area contributed by atoms with E-state index in [1.165, 1.54) is 64.6 Å². The lowest BCUT2D eigenvalue weighted by atomic mass is 9.92. The standard InChI is InChI=1S/C51H36N4S/c1-5-15-33(16-6-1)38-29-43(34-17-7-2-8-18-34)48-44(30-38)42-28-26-37(32-47(42)56-48)51-53-49(35-19-9-3-10-20-35)52-50(54-51)36-25-27-41-40-23-13-14-24-45(40)55(46(41)31-36)39-21-11-4-12-22-39/h1-7,9-17,19-24,26,28-32H,8,18,25,27H2. The molecule has 3 heterocycles. The Bertz CT molecular complexity index is 3060. The largest absolute Gasteiger partial charge is 0.310 e. The van der Waals surface area contributed by atoms with Crippen molar-refractivity contribution in [3.05, 3.63) is 186 Å². The number of hydrogen-bond acceptors (Lipinski definition) is 4. The molecule has 11 rings (SSSR count). The number of nitrogens with zero attached hydrogens (tertiary/aromatic N) is 4. The van der Waals surface area contributed by atoms with Crippen LogP contribution in [0, 0.1) is 0 Å². The Kier molecular flexibility index (Phi) is 7.92. The average molecular weight is 737 g/mol. The van der Waals surface area contributed by atoms with Gasteiger partial charge in [0, 0.05) is 42.4 Å². The first kappa shape index (κ1) is 32.7. The molecule has 0 saturated carbocycles. The number of aromatic nitrogens is 4. The first-order valence-corrected chi connectivity index (χ1v) is 20.2. The summed E-state index contributed by atoms with van der Waals surface area (Å²) in [6.45, 7) is 0. The molecule has 0 bridgehead atoms. The molecule has 266 valence electrons. The quantitative estimate of drug-likeness (QED) is 0.171. The molecule has 0 radical (unpaired) electrons. The second-order valence-electron chi connectivity index (χ2n) is 14.6. The number of thiophene rings is 1. The van der Waals surface area contributed by atoms with Gasteiger partial charge in [-0.25, -0.2) is 15.0 Å². The number of hydrogen-bond donors (Lipinski definition) is 0. The van der Waals surface area contributed by atoms with Crippen molar-refractivity contribution in [1.82, 2.24) is 19.5 Å². The van der Waals surface area contributed by atoms with Crippen molar-refractivity contribution in [2.75, 3.05) is 0 Å². The first-order chi connectivity index (χ1) is 27.7. The smallest absolute Gasteiger partial charge is 0.164 e. The minimum Gasteiger partial charge on any atom is -0.310 e. The van der Waals surface area contributed by atoms with E-state index < -0.39 is 0 Å². The summed E-state index contributed by atoms with van der Waals surface area (Å²) in [5.74, 6) is 2.10. The Hall–Kier alpha value is -6.69. The molecule has 0 spiro atoms. The second-order valence-corrected chi connectivity index (χ2v) is 15.7. The van der Waals surface area contributed by atoms with Gasteiger partial charge in [0.25, 0.3) is 0 Å². The molecule has 56 heavy (non-hydrogen) atoms. The van der Waals surface area contributed by atoms with Gasteiger partial charge < -0.3 is 4.57 Å². The van der Waals surface area contributed by atoms with Crippen LogP contribution in [0.15, 0.2) is 164 Å². The summed E-state index contributed by atoms with van der Waals surface area (Å²) < 4.78 is 4.95. The molecule has 6 aromatic carbocycles.